The van der Waals surface area contributed by atoms with Gasteiger partial charge in [-0.25, -0.2) is 22.2 Å². The largest absolute Gasteiger partial charge is 0.225 e. The third-order valence-electron chi connectivity index (χ3n) is 3.71. The number of aromatic nitrogens is 4. The van der Waals surface area contributed by atoms with E-state index < -0.39 is 27.6 Å². The van der Waals surface area contributed by atoms with Crippen LogP contribution in [0.4, 0.5) is 4.39 Å². The van der Waals surface area contributed by atoms with Crippen LogP contribution in [0.2, 0.25) is 0 Å². The van der Waals surface area contributed by atoms with Crippen molar-refractivity contribution in [1.29, 1.82) is 0 Å². The van der Waals surface area contributed by atoms with Gasteiger partial charge in [0.2, 0.25) is 10.0 Å². The van der Waals surface area contributed by atoms with Crippen molar-refractivity contribution in [1.82, 2.24) is 24.9 Å². The molecule has 0 aliphatic heterocycles. The third-order valence-corrected chi connectivity index (χ3v) is 5.11. The van der Waals surface area contributed by atoms with Crippen LogP contribution in [0, 0.1) is 12.7 Å². The summed E-state index contributed by atoms with van der Waals surface area (Å²) in [5.74, 6) is -0.472. The number of hydrogen-bond donors (Lipinski definition) is 1. The van der Waals surface area contributed by atoms with Crippen LogP contribution in [0.25, 0.3) is 0 Å². The van der Waals surface area contributed by atoms with Crippen molar-refractivity contribution < 1.29 is 12.8 Å². The Kier molecular flexibility index (Phi) is 4.15. The highest BCUT2D eigenvalue weighted by Crippen LogP contribution is 2.35. The maximum Gasteiger partial charge on any atom is 0.216 e. The van der Waals surface area contributed by atoms with Gasteiger partial charge in [-0.2, -0.15) is 0 Å². The summed E-state index contributed by atoms with van der Waals surface area (Å²) in [6, 6.07) is 4.17. The van der Waals surface area contributed by atoms with Gasteiger partial charge in [-0.3, -0.25) is 0 Å². The lowest BCUT2D eigenvalue weighted by Gasteiger charge is -2.14. The molecule has 1 atom stereocenters. The molecule has 0 spiro atoms. The summed E-state index contributed by atoms with van der Waals surface area (Å²) < 4.78 is 42.6. The number of hydrogen-bond acceptors (Lipinski definition) is 5. The van der Waals surface area contributed by atoms with E-state index in [2.05, 4.69) is 20.2 Å². The van der Waals surface area contributed by atoms with Gasteiger partial charge in [-0.1, -0.05) is 12.1 Å². The third kappa shape index (κ3) is 3.73. The molecule has 1 aliphatic rings. The lowest BCUT2D eigenvalue weighted by molar-refractivity contribution is 0.521. The Morgan fingerprint density at radius 3 is 2.83 bits per heavy atom. The van der Waals surface area contributed by atoms with Gasteiger partial charge >= 0.3 is 0 Å². The summed E-state index contributed by atoms with van der Waals surface area (Å²) in [6.45, 7) is 3.42. The number of nitrogens with one attached hydrogen (secondary N) is 1. The molecule has 7 nitrogen and oxygen atoms in total. The summed E-state index contributed by atoms with van der Waals surface area (Å²) >= 11 is 0. The standard InChI is InChI=1S/C14H18FN5O2S/c1-9-3-4-11(13(15)7-9)8-23(21,22)17-10(2)14-16-18-19-20(14)12-5-6-12/h3-4,7,10,12,17H,5-6,8H2,1-2H3/t10-/m0/s1. The average Bonchev–Trinajstić information content (AvgIpc) is 3.18. The lowest BCUT2D eigenvalue weighted by atomic mass is 10.2. The molecular formula is C14H18FN5O2S. The second-order valence-corrected chi connectivity index (χ2v) is 7.66. The second kappa shape index (κ2) is 5.97. The predicted octanol–water partition coefficient (Wildman–Crippen LogP) is 1.64. The summed E-state index contributed by atoms with van der Waals surface area (Å²) in [6.07, 6.45) is 1.98. The molecule has 1 saturated carbocycles. The molecule has 1 fully saturated rings. The summed E-state index contributed by atoms with van der Waals surface area (Å²) in [5.41, 5.74) is 0.880. The van der Waals surface area contributed by atoms with Gasteiger partial charge in [0, 0.05) is 5.56 Å². The molecule has 0 unspecified atom stereocenters. The zero-order chi connectivity index (χ0) is 16.6. The van der Waals surface area contributed by atoms with Gasteiger partial charge in [-0.15, -0.1) is 5.10 Å². The minimum Gasteiger partial charge on any atom is -0.225 e. The van der Waals surface area contributed by atoms with Crippen molar-refractivity contribution in [3.63, 3.8) is 0 Å². The van der Waals surface area contributed by atoms with Crippen LogP contribution in [0.1, 0.15) is 48.8 Å². The first-order valence-corrected chi connectivity index (χ1v) is 9.04. The van der Waals surface area contributed by atoms with E-state index in [0.29, 0.717) is 5.82 Å². The minimum absolute atomic E-state index is 0.136. The Morgan fingerprint density at radius 1 is 1.43 bits per heavy atom. The zero-order valence-corrected chi connectivity index (χ0v) is 13.7. The van der Waals surface area contributed by atoms with E-state index in [0.717, 1.165) is 18.4 Å². The van der Waals surface area contributed by atoms with E-state index in [1.54, 1.807) is 24.6 Å². The summed E-state index contributed by atoms with van der Waals surface area (Å²) in [7, 11) is -3.72. The van der Waals surface area contributed by atoms with Crippen LogP contribution in [0.3, 0.4) is 0 Å². The van der Waals surface area contributed by atoms with Crippen molar-refractivity contribution in [3.05, 3.63) is 41.0 Å². The Morgan fingerprint density at radius 2 is 2.17 bits per heavy atom. The SMILES string of the molecule is Cc1ccc(CS(=O)(=O)N[C@@H](C)c2nnnn2C2CC2)c(F)c1. The van der Waals surface area contributed by atoms with Gasteiger partial charge in [0.1, 0.15) is 5.82 Å². The van der Waals surface area contributed by atoms with Crippen LogP contribution >= 0.6 is 0 Å². The molecule has 0 radical (unpaired) electrons. The fourth-order valence-electron chi connectivity index (χ4n) is 2.40. The van der Waals surface area contributed by atoms with Crippen molar-refractivity contribution in [2.75, 3.05) is 0 Å². The fourth-order valence-corrected chi connectivity index (χ4v) is 3.77. The van der Waals surface area contributed by atoms with E-state index in [4.69, 9.17) is 0 Å². The predicted molar refractivity (Wildman–Crippen MR) is 81.4 cm³/mol. The maximum atomic E-state index is 13.8. The second-order valence-electron chi connectivity index (χ2n) is 5.91. The maximum absolute atomic E-state index is 13.8. The monoisotopic (exact) mass is 339 g/mol. The fraction of sp³-hybridized carbons (Fsp3) is 0.500. The highest BCUT2D eigenvalue weighted by molar-refractivity contribution is 7.88. The van der Waals surface area contributed by atoms with Crippen LogP contribution in [0.15, 0.2) is 18.2 Å². The molecule has 0 amide bonds. The van der Waals surface area contributed by atoms with Gasteiger partial charge in [-0.05, 0) is 48.7 Å². The number of benzene rings is 1. The van der Waals surface area contributed by atoms with Crippen molar-refractivity contribution in [2.24, 2.45) is 0 Å². The molecule has 124 valence electrons. The number of halogens is 1. The number of sulfonamides is 1. The van der Waals surface area contributed by atoms with Gasteiger partial charge in [0.25, 0.3) is 0 Å². The van der Waals surface area contributed by atoms with Crippen LogP contribution in [-0.2, 0) is 15.8 Å². The Balaban J connectivity index is 1.73. The van der Waals surface area contributed by atoms with Gasteiger partial charge in [0.05, 0.1) is 17.8 Å². The molecule has 2 aromatic rings. The Bertz CT molecular complexity index is 816. The molecule has 0 saturated heterocycles. The van der Waals surface area contributed by atoms with Crippen LogP contribution in [0.5, 0.6) is 0 Å². The molecule has 1 heterocycles. The average molecular weight is 339 g/mol. The van der Waals surface area contributed by atoms with E-state index in [1.807, 2.05) is 0 Å². The molecule has 23 heavy (non-hydrogen) atoms. The Labute approximate surface area is 133 Å². The number of nitrogens with zero attached hydrogens (tertiary/aromatic N) is 4. The molecule has 1 N–H and O–H groups in total. The molecule has 3 rings (SSSR count). The van der Waals surface area contributed by atoms with E-state index in [-0.39, 0.29) is 11.6 Å². The minimum atomic E-state index is -3.72. The van der Waals surface area contributed by atoms with E-state index in [9.17, 15) is 12.8 Å². The van der Waals surface area contributed by atoms with Crippen LogP contribution < -0.4 is 4.72 Å². The first-order chi connectivity index (χ1) is 10.9. The summed E-state index contributed by atoms with van der Waals surface area (Å²) in [4.78, 5) is 0. The number of aryl methyl sites for hydroxylation is 1. The number of tetrazole rings is 1. The molecule has 0 bridgehead atoms. The normalized spacial score (nSPS) is 16.5. The summed E-state index contributed by atoms with van der Waals surface area (Å²) in [5, 5.41) is 11.4. The molecule has 1 aromatic carbocycles. The Hall–Kier alpha value is -1.87. The molecule has 1 aliphatic carbocycles. The van der Waals surface area contributed by atoms with E-state index in [1.165, 1.54) is 12.1 Å². The molecule has 1 aromatic heterocycles. The topological polar surface area (TPSA) is 89.8 Å². The lowest BCUT2D eigenvalue weighted by Crippen LogP contribution is -2.30. The van der Waals surface area contributed by atoms with E-state index >= 15 is 0 Å². The first-order valence-electron chi connectivity index (χ1n) is 7.38. The zero-order valence-electron chi connectivity index (χ0n) is 12.9. The van der Waals surface area contributed by atoms with Gasteiger partial charge < -0.3 is 0 Å². The van der Waals surface area contributed by atoms with Crippen LogP contribution in [-0.4, -0.2) is 28.6 Å². The van der Waals surface area contributed by atoms with Crippen molar-refractivity contribution in [2.45, 2.75) is 44.5 Å². The van der Waals surface area contributed by atoms with Crippen molar-refractivity contribution >= 4 is 10.0 Å². The highest BCUT2D eigenvalue weighted by Gasteiger charge is 2.30. The smallest absolute Gasteiger partial charge is 0.216 e. The van der Waals surface area contributed by atoms with Crippen molar-refractivity contribution in [3.8, 4) is 0 Å². The quantitative estimate of drug-likeness (QED) is 0.864. The first kappa shape index (κ1) is 16.0. The molecular weight excluding hydrogens is 321 g/mol. The number of rotatable bonds is 6. The van der Waals surface area contributed by atoms with Gasteiger partial charge in [0.15, 0.2) is 5.82 Å². The highest BCUT2D eigenvalue weighted by atomic mass is 32.2. The molecule has 9 heteroatoms.